The molecule has 0 rings (SSSR count). The molecular formula is C10H22O3. The SMILES string of the molecule is CCOC(C)OCC(CC)CCO. The molecule has 0 aliphatic rings. The van der Waals surface area contributed by atoms with Gasteiger partial charge in [-0.3, -0.25) is 0 Å². The molecule has 0 bridgehead atoms. The van der Waals surface area contributed by atoms with Crippen LogP contribution < -0.4 is 0 Å². The summed E-state index contributed by atoms with van der Waals surface area (Å²) < 4.78 is 10.7. The van der Waals surface area contributed by atoms with Crippen LogP contribution in [0.4, 0.5) is 0 Å². The van der Waals surface area contributed by atoms with Gasteiger partial charge in [0.15, 0.2) is 6.29 Å². The van der Waals surface area contributed by atoms with Gasteiger partial charge in [0.05, 0.1) is 6.61 Å². The van der Waals surface area contributed by atoms with Gasteiger partial charge >= 0.3 is 0 Å². The van der Waals surface area contributed by atoms with Crippen molar-refractivity contribution in [3.8, 4) is 0 Å². The highest BCUT2D eigenvalue weighted by Gasteiger charge is 2.08. The van der Waals surface area contributed by atoms with Crippen molar-refractivity contribution in [1.82, 2.24) is 0 Å². The maximum Gasteiger partial charge on any atom is 0.154 e. The molecule has 0 spiro atoms. The highest BCUT2D eigenvalue weighted by atomic mass is 16.7. The van der Waals surface area contributed by atoms with E-state index in [9.17, 15) is 0 Å². The zero-order valence-corrected chi connectivity index (χ0v) is 8.95. The van der Waals surface area contributed by atoms with Crippen molar-refractivity contribution < 1.29 is 14.6 Å². The molecule has 0 fully saturated rings. The molecule has 0 aromatic carbocycles. The smallest absolute Gasteiger partial charge is 0.154 e. The second-order valence-corrected chi connectivity index (χ2v) is 3.14. The van der Waals surface area contributed by atoms with E-state index < -0.39 is 0 Å². The van der Waals surface area contributed by atoms with Crippen LogP contribution in [0.3, 0.4) is 0 Å². The molecule has 2 unspecified atom stereocenters. The molecule has 0 saturated carbocycles. The van der Waals surface area contributed by atoms with Crippen LogP contribution >= 0.6 is 0 Å². The summed E-state index contributed by atoms with van der Waals surface area (Å²) in [5.74, 6) is 0.452. The maximum absolute atomic E-state index is 8.75. The minimum atomic E-state index is -0.127. The van der Waals surface area contributed by atoms with Gasteiger partial charge in [-0.1, -0.05) is 13.3 Å². The van der Waals surface area contributed by atoms with E-state index in [0.717, 1.165) is 12.8 Å². The van der Waals surface area contributed by atoms with Crippen LogP contribution in [0.2, 0.25) is 0 Å². The number of ether oxygens (including phenoxy) is 2. The summed E-state index contributed by atoms with van der Waals surface area (Å²) >= 11 is 0. The lowest BCUT2D eigenvalue weighted by molar-refractivity contribution is -0.136. The van der Waals surface area contributed by atoms with Gasteiger partial charge in [0.25, 0.3) is 0 Å². The lowest BCUT2D eigenvalue weighted by Gasteiger charge is -2.17. The van der Waals surface area contributed by atoms with Crippen LogP contribution in [0, 0.1) is 5.92 Å². The summed E-state index contributed by atoms with van der Waals surface area (Å²) in [4.78, 5) is 0. The minimum absolute atomic E-state index is 0.127. The number of hydrogen-bond acceptors (Lipinski definition) is 3. The van der Waals surface area contributed by atoms with E-state index in [0.29, 0.717) is 19.1 Å². The van der Waals surface area contributed by atoms with E-state index in [-0.39, 0.29) is 12.9 Å². The zero-order valence-electron chi connectivity index (χ0n) is 8.95. The van der Waals surface area contributed by atoms with Crippen molar-refractivity contribution in [2.75, 3.05) is 19.8 Å². The highest BCUT2D eigenvalue weighted by molar-refractivity contribution is 4.54. The Balaban J connectivity index is 3.46. The lowest BCUT2D eigenvalue weighted by Crippen LogP contribution is -2.18. The third kappa shape index (κ3) is 6.99. The molecule has 3 nitrogen and oxygen atoms in total. The third-order valence-electron chi connectivity index (χ3n) is 2.08. The van der Waals surface area contributed by atoms with Crippen molar-refractivity contribution >= 4 is 0 Å². The van der Waals surface area contributed by atoms with E-state index >= 15 is 0 Å². The topological polar surface area (TPSA) is 38.7 Å². The molecule has 13 heavy (non-hydrogen) atoms. The Kier molecular flexibility index (Phi) is 8.40. The summed E-state index contributed by atoms with van der Waals surface area (Å²) in [6.45, 7) is 7.55. The Morgan fingerprint density at radius 1 is 1.23 bits per heavy atom. The van der Waals surface area contributed by atoms with E-state index in [1.165, 1.54) is 0 Å². The van der Waals surface area contributed by atoms with Crippen molar-refractivity contribution in [3.05, 3.63) is 0 Å². The second-order valence-electron chi connectivity index (χ2n) is 3.14. The Morgan fingerprint density at radius 3 is 2.38 bits per heavy atom. The molecular weight excluding hydrogens is 168 g/mol. The van der Waals surface area contributed by atoms with Crippen LogP contribution in [0.25, 0.3) is 0 Å². The first kappa shape index (κ1) is 12.9. The molecule has 3 heteroatoms. The molecule has 0 aromatic rings. The van der Waals surface area contributed by atoms with Gasteiger partial charge in [-0.15, -0.1) is 0 Å². The summed E-state index contributed by atoms with van der Waals surface area (Å²) in [5, 5.41) is 8.75. The van der Waals surface area contributed by atoms with Crippen LogP contribution in [-0.4, -0.2) is 31.2 Å². The van der Waals surface area contributed by atoms with Gasteiger partial charge in [0.2, 0.25) is 0 Å². The highest BCUT2D eigenvalue weighted by Crippen LogP contribution is 2.09. The summed E-state index contributed by atoms with van der Waals surface area (Å²) in [6, 6.07) is 0. The summed E-state index contributed by atoms with van der Waals surface area (Å²) in [6.07, 6.45) is 1.73. The van der Waals surface area contributed by atoms with E-state index in [1.807, 2.05) is 13.8 Å². The summed E-state index contributed by atoms with van der Waals surface area (Å²) in [7, 11) is 0. The monoisotopic (exact) mass is 190 g/mol. The molecule has 0 aliphatic carbocycles. The number of rotatable bonds is 8. The van der Waals surface area contributed by atoms with E-state index in [4.69, 9.17) is 14.6 Å². The fourth-order valence-corrected chi connectivity index (χ4v) is 1.14. The average Bonchev–Trinajstić information content (AvgIpc) is 2.12. The Bertz CT molecular complexity index is 106. The molecule has 0 saturated heterocycles. The molecule has 0 aliphatic heterocycles. The van der Waals surface area contributed by atoms with Crippen LogP contribution in [-0.2, 0) is 9.47 Å². The van der Waals surface area contributed by atoms with Crippen molar-refractivity contribution in [1.29, 1.82) is 0 Å². The second kappa shape index (κ2) is 8.48. The van der Waals surface area contributed by atoms with E-state index in [2.05, 4.69) is 6.92 Å². The Hall–Kier alpha value is -0.120. The normalized spacial score (nSPS) is 15.7. The first-order chi connectivity index (χ1) is 6.24. The van der Waals surface area contributed by atoms with Crippen LogP contribution in [0.15, 0.2) is 0 Å². The summed E-state index contributed by atoms with van der Waals surface area (Å²) in [5.41, 5.74) is 0. The molecule has 80 valence electrons. The average molecular weight is 190 g/mol. The molecule has 0 amide bonds. The number of hydrogen-bond donors (Lipinski definition) is 1. The Morgan fingerprint density at radius 2 is 1.92 bits per heavy atom. The Labute approximate surface area is 81.0 Å². The van der Waals surface area contributed by atoms with Gasteiger partial charge in [-0.25, -0.2) is 0 Å². The zero-order chi connectivity index (χ0) is 10.1. The van der Waals surface area contributed by atoms with Crippen LogP contribution in [0.5, 0.6) is 0 Å². The van der Waals surface area contributed by atoms with E-state index in [1.54, 1.807) is 0 Å². The van der Waals surface area contributed by atoms with Crippen molar-refractivity contribution in [2.45, 2.75) is 39.9 Å². The molecule has 2 atom stereocenters. The predicted molar refractivity (Wildman–Crippen MR) is 52.5 cm³/mol. The number of aliphatic hydroxyl groups is 1. The molecule has 0 aromatic heterocycles. The lowest BCUT2D eigenvalue weighted by atomic mass is 10.0. The van der Waals surface area contributed by atoms with Gasteiger partial charge in [0.1, 0.15) is 0 Å². The minimum Gasteiger partial charge on any atom is -0.396 e. The predicted octanol–water partition coefficient (Wildman–Crippen LogP) is 1.79. The first-order valence-corrected chi connectivity index (χ1v) is 5.08. The number of aliphatic hydroxyl groups excluding tert-OH is 1. The third-order valence-corrected chi connectivity index (χ3v) is 2.08. The molecule has 0 radical (unpaired) electrons. The van der Waals surface area contributed by atoms with Crippen molar-refractivity contribution in [2.24, 2.45) is 5.92 Å². The van der Waals surface area contributed by atoms with Gasteiger partial charge in [-0.05, 0) is 26.2 Å². The quantitative estimate of drug-likeness (QED) is 0.593. The van der Waals surface area contributed by atoms with Gasteiger partial charge in [-0.2, -0.15) is 0 Å². The fourth-order valence-electron chi connectivity index (χ4n) is 1.14. The van der Waals surface area contributed by atoms with Gasteiger partial charge in [0, 0.05) is 13.2 Å². The van der Waals surface area contributed by atoms with Gasteiger partial charge < -0.3 is 14.6 Å². The molecule has 0 heterocycles. The molecule has 1 N–H and O–H groups in total. The van der Waals surface area contributed by atoms with Crippen LogP contribution in [0.1, 0.15) is 33.6 Å². The standard InChI is InChI=1S/C10H22O3/c1-4-10(6-7-11)8-13-9(3)12-5-2/h9-11H,4-8H2,1-3H3. The maximum atomic E-state index is 8.75. The first-order valence-electron chi connectivity index (χ1n) is 5.08. The van der Waals surface area contributed by atoms with Crippen molar-refractivity contribution in [3.63, 3.8) is 0 Å². The largest absolute Gasteiger partial charge is 0.396 e. The fraction of sp³-hybridized carbons (Fsp3) is 1.00.